The van der Waals surface area contributed by atoms with Crippen LogP contribution in [0.15, 0.2) is 0 Å². The summed E-state index contributed by atoms with van der Waals surface area (Å²) >= 11 is 0. The van der Waals surface area contributed by atoms with Gasteiger partial charge in [-0.25, -0.2) is 4.79 Å². The van der Waals surface area contributed by atoms with Crippen molar-refractivity contribution in [3.8, 4) is 0 Å². The van der Waals surface area contributed by atoms with Crippen LogP contribution in [0, 0.1) is 0 Å². The molecule has 2 rings (SSSR count). The Morgan fingerprint density at radius 1 is 1.62 bits per heavy atom. The Bertz CT molecular complexity index is 262. The summed E-state index contributed by atoms with van der Waals surface area (Å²) in [6.45, 7) is 4.27. The van der Waals surface area contributed by atoms with Crippen LogP contribution < -0.4 is 5.32 Å². The summed E-state index contributed by atoms with van der Waals surface area (Å²) in [6.07, 6.45) is 2.51. The molecule has 16 heavy (non-hydrogen) atoms. The highest BCUT2D eigenvalue weighted by atomic mass is 16.5. The Kier molecular flexibility index (Phi) is 3.35. The molecule has 0 spiro atoms. The zero-order valence-corrected chi connectivity index (χ0v) is 9.74. The highest BCUT2D eigenvalue weighted by Gasteiger charge is 2.31. The number of carbonyl (C=O) groups is 1. The summed E-state index contributed by atoms with van der Waals surface area (Å²) in [4.78, 5) is 13.6. The molecule has 2 amide bonds. The maximum atomic E-state index is 11.9. The van der Waals surface area contributed by atoms with Crippen molar-refractivity contribution in [1.82, 2.24) is 10.2 Å². The van der Waals surface area contributed by atoms with Crippen LogP contribution >= 0.6 is 0 Å². The van der Waals surface area contributed by atoms with Gasteiger partial charge in [0, 0.05) is 13.2 Å². The zero-order chi connectivity index (χ0) is 11.6. The first kappa shape index (κ1) is 11.7. The minimum atomic E-state index is -0.734. The molecule has 5 nitrogen and oxygen atoms in total. The number of nitrogens with one attached hydrogen (secondary N) is 1. The van der Waals surface area contributed by atoms with Crippen LogP contribution in [-0.2, 0) is 4.74 Å². The number of amides is 2. The lowest BCUT2D eigenvalue weighted by atomic mass is 9.95. The maximum absolute atomic E-state index is 11.9. The molecule has 5 heteroatoms. The van der Waals surface area contributed by atoms with Gasteiger partial charge in [0.1, 0.15) is 0 Å². The Labute approximate surface area is 95.8 Å². The van der Waals surface area contributed by atoms with Crippen molar-refractivity contribution in [1.29, 1.82) is 0 Å². The Morgan fingerprint density at radius 3 is 3.06 bits per heavy atom. The minimum Gasteiger partial charge on any atom is -0.388 e. The average molecular weight is 228 g/mol. The summed E-state index contributed by atoms with van der Waals surface area (Å²) < 4.78 is 5.20. The molecule has 2 atom stereocenters. The van der Waals surface area contributed by atoms with Crippen LogP contribution in [0.3, 0.4) is 0 Å². The monoisotopic (exact) mass is 228 g/mol. The Hall–Kier alpha value is -0.810. The van der Waals surface area contributed by atoms with Gasteiger partial charge in [-0.05, 0) is 26.2 Å². The summed E-state index contributed by atoms with van der Waals surface area (Å²) in [6, 6.07) is 0.0647. The molecule has 2 heterocycles. The Morgan fingerprint density at radius 2 is 2.44 bits per heavy atom. The zero-order valence-electron chi connectivity index (χ0n) is 9.74. The van der Waals surface area contributed by atoms with Gasteiger partial charge in [0.05, 0.1) is 24.8 Å². The van der Waals surface area contributed by atoms with Crippen molar-refractivity contribution in [2.45, 2.75) is 37.8 Å². The van der Waals surface area contributed by atoms with E-state index in [0.29, 0.717) is 13.2 Å². The molecule has 2 N–H and O–H groups in total. The number of nitrogens with zero attached hydrogens (tertiary/aromatic N) is 1. The van der Waals surface area contributed by atoms with Gasteiger partial charge in [-0.15, -0.1) is 0 Å². The van der Waals surface area contributed by atoms with E-state index in [-0.39, 0.29) is 12.1 Å². The molecule has 0 bridgehead atoms. The van der Waals surface area contributed by atoms with Crippen LogP contribution in [0.1, 0.15) is 26.2 Å². The lowest BCUT2D eigenvalue weighted by Crippen LogP contribution is -2.53. The minimum absolute atomic E-state index is 0.0736. The molecule has 0 aromatic carbocycles. The van der Waals surface area contributed by atoms with E-state index in [4.69, 9.17) is 4.74 Å². The maximum Gasteiger partial charge on any atom is 0.317 e. The number of likely N-dealkylation sites (tertiary alicyclic amines) is 1. The second-order valence-corrected chi connectivity index (χ2v) is 5.03. The van der Waals surface area contributed by atoms with Crippen LogP contribution in [-0.4, -0.2) is 54.0 Å². The van der Waals surface area contributed by atoms with E-state index in [1.807, 2.05) is 0 Å². The van der Waals surface area contributed by atoms with Gasteiger partial charge < -0.3 is 20.1 Å². The van der Waals surface area contributed by atoms with Crippen LogP contribution in [0.4, 0.5) is 4.79 Å². The van der Waals surface area contributed by atoms with Crippen molar-refractivity contribution in [3.63, 3.8) is 0 Å². The topological polar surface area (TPSA) is 61.8 Å². The second-order valence-electron chi connectivity index (χ2n) is 5.03. The van der Waals surface area contributed by atoms with Crippen molar-refractivity contribution in [3.05, 3.63) is 0 Å². The standard InChI is InChI=1S/C11H20N2O3/c1-11(15)4-2-5-13(8-11)10(14)12-9-3-6-16-7-9/h9,15H,2-8H2,1H3,(H,12,14). The fraction of sp³-hybridized carbons (Fsp3) is 0.909. The molecule has 2 saturated heterocycles. The molecule has 0 saturated carbocycles. The van der Waals surface area contributed by atoms with Gasteiger partial charge >= 0.3 is 6.03 Å². The molecular weight excluding hydrogens is 208 g/mol. The molecular formula is C11H20N2O3. The molecule has 2 aliphatic rings. The number of β-amino-alcohol motifs (C(OH)–C–C–N with tert-alkyl or cyclic N) is 1. The molecule has 2 fully saturated rings. The number of hydrogen-bond acceptors (Lipinski definition) is 3. The molecule has 2 unspecified atom stereocenters. The molecule has 0 aromatic rings. The van der Waals surface area contributed by atoms with Crippen molar-refractivity contribution in [2.24, 2.45) is 0 Å². The first-order valence-electron chi connectivity index (χ1n) is 5.92. The number of carbonyl (C=O) groups excluding carboxylic acids is 1. The van der Waals surface area contributed by atoms with Gasteiger partial charge in [0.2, 0.25) is 0 Å². The lowest BCUT2D eigenvalue weighted by Gasteiger charge is -2.37. The van der Waals surface area contributed by atoms with Gasteiger partial charge in [-0.3, -0.25) is 0 Å². The van der Waals surface area contributed by atoms with Crippen LogP contribution in [0.25, 0.3) is 0 Å². The normalized spacial score (nSPS) is 35.1. The Balaban J connectivity index is 1.84. The third-order valence-electron chi connectivity index (χ3n) is 3.22. The molecule has 2 aliphatic heterocycles. The average Bonchev–Trinajstić information content (AvgIpc) is 2.69. The van der Waals surface area contributed by atoms with E-state index in [9.17, 15) is 9.90 Å². The van der Waals surface area contributed by atoms with Gasteiger partial charge in [-0.1, -0.05) is 0 Å². The fourth-order valence-corrected chi connectivity index (χ4v) is 2.31. The summed E-state index contributed by atoms with van der Waals surface area (Å²) in [7, 11) is 0. The van der Waals surface area contributed by atoms with E-state index in [1.54, 1.807) is 11.8 Å². The van der Waals surface area contributed by atoms with Crippen molar-refractivity contribution in [2.75, 3.05) is 26.3 Å². The number of piperidine rings is 1. The highest BCUT2D eigenvalue weighted by molar-refractivity contribution is 5.74. The van der Waals surface area contributed by atoms with Gasteiger partial charge in [-0.2, -0.15) is 0 Å². The first-order chi connectivity index (χ1) is 7.57. The number of rotatable bonds is 1. The van der Waals surface area contributed by atoms with Gasteiger partial charge in [0.25, 0.3) is 0 Å². The van der Waals surface area contributed by atoms with Crippen LogP contribution in [0.5, 0.6) is 0 Å². The number of hydrogen-bond donors (Lipinski definition) is 2. The van der Waals surface area contributed by atoms with E-state index in [1.165, 1.54) is 0 Å². The van der Waals surface area contributed by atoms with Gasteiger partial charge in [0.15, 0.2) is 0 Å². The molecule has 0 aromatic heterocycles. The highest BCUT2D eigenvalue weighted by Crippen LogP contribution is 2.20. The number of urea groups is 1. The second kappa shape index (κ2) is 4.59. The SMILES string of the molecule is CC1(O)CCCN(C(=O)NC2CCOC2)C1. The first-order valence-corrected chi connectivity index (χ1v) is 5.92. The van der Waals surface area contributed by atoms with Crippen molar-refractivity contribution >= 4 is 6.03 Å². The smallest absolute Gasteiger partial charge is 0.317 e. The van der Waals surface area contributed by atoms with E-state index >= 15 is 0 Å². The van der Waals surface area contributed by atoms with E-state index < -0.39 is 5.60 Å². The van der Waals surface area contributed by atoms with E-state index in [2.05, 4.69) is 5.32 Å². The summed E-state index contributed by atoms with van der Waals surface area (Å²) in [5.74, 6) is 0. The quantitative estimate of drug-likeness (QED) is 0.680. The molecule has 0 aliphatic carbocycles. The largest absolute Gasteiger partial charge is 0.388 e. The predicted octanol–water partition coefficient (Wildman–Crippen LogP) is 0.332. The van der Waals surface area contributed by atoms with Crippen LogP contribution in [0.2, 0.25) is 0 Å². The summed E-state index contributed by atoms with van der Waals surface area (Å²) in [5, 5.41) is 12.8. The van der Waals surface area contributed by atoms with E-state index in [0.717, 1.165) is 32.4 Å². The lowest BCUT2D eigenvalue weighted by molar-refractivity contribution is -0.00287. The number of aliphatic hydroxyl groups is 1. The molecule has 92 valence electrons. The third kappa shape index (κ3) is 2.86. The third-order valence-corrected chi connectivity index (χ3v) is 3.22. The number of ether oxygens (including phenoxy) is 1. The fourth-order valence-electron chi connectivity index (χ4n) is 2.31. The predicted molar refractivity (Wildman–Crippen MR) is 59.2 cm³/mol. The molecule has 0 radical (unpaired) electrons. The van der Waals surface area contributed by atoms with Crippen molar-refractivity contribution < 1.29 is 14.6 Å². The summed E-state index contributed by atoms with van der Waals surface area (Å²) in [5.41, 5.74) is -0.734.